The molecule has 0 saturated carbocycles. The van der Waals surface area contributed by atoms with Gasteiger partial charge in [0.05, 0.1) is 6.04 Å². The van der Waals surface area contributed by atoms with Crippen molar-refractivity contribution in [3.05, 3.63) is 35.9 Å². The number of hydrogen-bond acceptors (Lipinski definition) is 3. The number of fused-ring (bicyclic) bond motifs is 1. The largest absolute Gasteiger partial charge is 0.338 e. The van der Waals surface area contributed by atoms with Gasteiger partial charge in [0, 0.05) is 32.1 Å². The summed E-state index contributed by atoms with van der Waals surface area (Å²) in [5.41, 5.74) is 7.15. The van der Waals surface area contributed by atoms with Crippen molar-refractivity contribution in [1.82, 2.24) is 9.80 Å². The molecule has 2 atom stereocenters. The van der Waals surface area contributed by atoms with Gasteiger partial charge in [0.1, 0.15) is 0 Å². The topological polar surface area (TPSA) is 66.6 Å². The van der Waals surface area contributed by atoms with E-state index in [0.717, 1.165) is 12.0 Å². The number of carbonyl (C=O) groups is 2. The van der Waals surface area contributed by atoms with E-state index in [-0.39, 0.29) is 17.9 Å². The van der Waals surface area contributed by atoms with Crippen molar-refractivity contribution < 1.29 is 9.59 Å². The predicted molar refractivity (Wildman–Crippen MR) is 79.4 cm³/mol. The zero-order valence-electron chi connectivity index (χ0n) is 12.1. The molecule has 3 rings (SSSR count). The first-order valence-corrected chi connectivity index (χ1v) is 7.53. The summed E-state index contributed by atoms with van der Waals surface area (Å²) in [6.07, 6.45) is 2.03. The first-order chi connectivity index (χ1) is 10.1. The zero-order chi connectivity index (χ0) is 14.8. The van der Waals surface area contributed by atoms with E-state index in [1.165, 1.54) is 0 Å². The molecule has 2 fully saturated rings. The number of piperazine rings is 1. The minimum atomic E-state index is -0.504. The highest BCUT2D eigenvalue weighted by atomic mass is 16.2. The molecule has 2 heterocycles. The van der Waals surface area contributed by atoms with Gasteiger partial charge < -0.3 is 15.5 Å². The average Bonchev–Trinajstić information content (AvgIpc) is 2.88. The summed E-state index contributed by atoms with van der Waals surface area (Å²) < 4.78 is 0. The van der Waals surface area contributed by atoms with E-state index in [2.05, 4.69) is 0 Å². The lowest BCUT2D eigenvalue weighted by molar-refractivity contribution is -0.139. The van der Waals surface area contributed by atoms with Crippen LogP contribution in [-0.4, -0.2) is 53.3 Å². The molecule has 0 radical (unpaired) electrons. The number of carbonyl (C=O) groups excluding carboxylic acids is 2. The van der Waals surface area contributed by atoms with E-state index < -0.39 is 6.04 Å². The molecule has 21 heavy (non-hydrogen) atoms. The van der Waals surface area contributed by atoms with Crippen LogP contribution < -0.4 is 5.73 Å². The minimum absolute atomic E-state index is 0.00199. The highest BCUT2D eigenvalue weighted by molar-refractivity contribution is 5.83. The van der Waals surface area contributed by atoms with Gasteiger partial charge in [-0.1, -0.05) is 30.3 Å². The van der Waals surface area contributed by atoms with Crippen LogP contribution in [0.25, 0.3) is 0 Å². The number of hydrogen-bond donors (Lipinski definition) is 1. The fourth-order valence-electron chi connectivity index (χ4n) is 3.25. The maximum Gasteiger partial charge on any atom is 0.239 e. The standard InChI is InChI=1S/C16H21N3O2/c17-14(10-12-4-2-1-3-5-12)16(21)18-8-9-19-13(11-18)6-7-15(19)20/h1-5,13-14H,6-11,17H2/t13?,14-/m0/s1. The molecule has 2 saturated heterocycles. The molecular weight excluding hydrogens is 266 g/mol. The Kier molecular flexibility index (Phi) is 3.92. The molecule has 5 heteroatoms. The third-order valence-corrected chi connectivity index (χ3v) is 4.42. The summed E-state index contributed by atoms with van der Waals surface area (Å²) in [6, 6.07) is 9.52. The molecule has 5 nitrogen and oxygen atoms in total. The van der Waals surface area contributed by atoms with Crippen LogP contribution in [0, 0.1) is 0 Å². The monoisotopic (exact) mass is 287 g/mol. The highest BCUT2D eigenvalue weighted by Crippen LogP contribution is 2.23. The number of rotatable bonds is 3. The number of nitrogens with two attached hydrogens (primary N) is 1. The Hall–Kier alpha value is -1.88. The van der Waals surface area contributed by atoms with E-state index in [9.17, 15) is 9.59 Å². The Balaban J connectivity index is 1.59. The SMILES string of the molecule is N[C@@H](Cc1ccccc1)C(=O)N1CCN2C(=O)CCC2C1. The van der Waals surface area contributed by atoms with Crippen molar-refractivity contribution in [2.24, 2.45) is 5.73 Å². The van der Waals surface area contributed by atoms with Crippen LogP contribution in [-0.2, 0) is 16.0 Å². The molecule has 2 amide bonds. The van der Waals surface area contributed by atoms with Crippen molar-refractivity contribution in [3.63, 3.8) is 0 Å². The normalized spacial score (nSPS) is 23.1. The second-order valence-corrected chi connectivity index (χ2v) is 5.86. The molecule has 0 spiro atoms. The molecule has 2 N–H and O–H groups in total. The lowest BCUT2D eigenvalue weighted by Gasteiger charge is -2.38. The van der Waals surface area contributed by atoms with Gasteiger partial charge in [-0.15, -0.1) is 0 Å². The first-order valence-electron chi connectivity index (χ1n) is 7.53. The lowest BCUT2D eigenvalue weighted by atomic mass is 10.0. The van der Waals surface area contributed by atoms with Crippen LogP contribution in [0.1, 0.15) is 18.4 Å². The van der Waals surface area contributed by atoms with Crippen LogP contribution >= 0.6 is 0 Å². The Morgan fingerprint density at radius 3 is 2.81 bits per heavy atom. The van der Waals surface area contributed by atoms with Crippen molar-refractivity contribution in [2.75, 3.05) is 19.6 Å². The van der Waals surface area contributed by atoms with E-state index in [1.807, 2.05) is 40.1 Å². The van der Waals surface area contributed by atoms with Gasteiger partial charge >= 0.3 is 0 Å². The zero-order valence-corrected chi connectivity index (χ0v) is 12.1. The summed E-state index contributed by atoms with van der Waals surface area (Å²) in [7, 11) is 0. The number of nitrogens with zero attached hydrogens (tertiary/aromatic N) is 2. The van der Waals surface area contributed by atoms with E-state index in [1.54, 1.807) is 0 Å². The third kappa shape index (κ3) is 2.93. The lowest BCUT2D eigenvalue weighted by Crippen LogP contribution is -2.56. The second kappa shape index (κ2) is 5.85. The molecule has 0 aliphatic carbocycles. The Morgan fingerprint density at radius 1 is 1.29 bits per heavy atom. The summed E-state index contributed by atoms with van der Waals surface area (Å²) in [4.78, 5) is 27.9. The highest BCUT2D eigenvalue weighted by Gasteiger charge is 2.37. The number of amides is 2. The molecule has 112 valence electrons. The number of benzene rings is 1. The molecule has 0 bridgehead atoms. The Labute approximate surface area is 124 Å². The predicted octanol–water partition coefficient (Wildman–Crippen LogP) is 0.390. The molecular formula is C16H21N3O2. The second-order valence-electron chi connectivity index (χ2n) is 5.86. The van der Waals surface area contributed by atoms with E-state index in [4.69, 9.17) is 5.73 Å². The molecule has 0 aromatic heterocycles. The van der Waals surface area contributed by atoms with Gasteiger partial charge in [-0.05, 0) is 18.4 Å². The van der Waals surface area contributed by atoms with Crippen molar-refractivity contribution in [2.45, 2.75) is 31.3 Å². The molecule has 1 aromatic rings. The third-order valence-electron chi connectivity index (χ3n) is 4.42. The quantitative estimate of drug-likeness (QED) is 0.874. The van der Waals surface area contributed by atoms with E-state index in [0.29, 0.717) is 32.5 Å². The van der Waals surface area contributed by atoms with Crippen LogP contribution in [0.15, 0.2) is 30.3 Å². The first kappa shape index (κ1) is 14.1. The molecule has 2 aliphatic heterocycles. The van der Waals surface area contributed by atoms with Gasteiger partial charge in [0.2, 0.25) is 11.8 Å². The minimum Gasteiger partial charge on any atom is -0.338 e. The maximum atomic E-state index is 12.5. The Morgan fingerprint density at radius 2 is 2.05 bits per heavy atom. The van der Waals surface area contributed by atoms with Crippen LogP contribution in [0.4, 0.5) is 0 Å². The average molecular weight is 287 g/mol. The van der Waals surface area contributed by atoms with Gasteiger partial charge in [0.15, 0.2) is 0 Å². The van der Waals surface area contributed by atoms with Gasteiger partial charge in [0.25, 0.3) is 0 Å². The van der Waals surface area contributed by atoms with Crippen molar-refractivity contribution in [1.29, 1.82) is 0 Å². The summed E-state index contributed by atoms with van der Waals surface area (Å²) in [5, 5.41) is 0. The molecule has 1 aromatic carbocycles. The molecule has 1 unspecified atom stereocenters. The van der Waals surface area contributed by atoms with Crippen LogP contribution in [0.2, 0.25) is 0 Å². The summed E-state index contributed by atoms with van der Waals surface area (Å²) in [6.45, 7) is 1.88. The van der Waals surface area contributed by atoms with E-state index >= 15 is 0 Å². The van der Waals surface area contributed by atoms with Gasteiger partial charge in [-0.3, -0.25) is 9.59 Å². The molecule has 2 aliphatic rings. The smallest absolute Gasteiger partial charge is 0.239 e. The fourth-order valence-corrected chi connectivity index (χ4v) is 3.25. The summed E-state index contributed by atoms with van der Waals surface area (Å²) in [5.74, 6) is 0.221. The Bertz CT molecular complexity index is 532. The van der Waals surface area contributed by atoms with Crippen molar-refractivity contribution >= 4 is 11.8 Å². The van der Waals surface area contributed by atoms with Crippen molar-refractivity contribution in [3.8, 4) is 0 Å². The fraction of sp³-hybridized carbons (Fsp3) is 0.500. The van der Waals surface area contributed by atoms with Crippen LogP contribution in [0.5, 0.6) is 0 Å². The van der Waals surface area contributed by atoms with Crippen LogP contribution in [0.3, 0.4) is 0 Å². The van der Waals surface area contributed by atoms with Gasteiger partial charge in [-0.25, -0.2) is 0 Å². The maximum absolute atomic E-state index is 12.5. The van der Waals surface area contributed by atoms with Gasteiger partial charge in [-0.2, -0.15) is 0 Å². The summed E-state index contributed by atoms with van der Waals surface area (Å²) >= 11 is 0.